The lowest BCUT2D eigenvalue weighted by Crippen LogP contribution is -2.15. The highest BCUT2D eigenvalue weighted by Crippen LogP contribution is 2.16. The number of carbonyl (C=O) groups excluding carboxylic acids is 1. The SMILES string of the molecule is NC(=O)c1ccc(F)c(CCO)c1F. The molecule has 0 aliphatic rings. The van der Waals surface area contributed by atoms with Gasteiger partial charge >= 0.3 is 0 Å². The van der Waals surface area contributed by atoms with Gasteiger partial charge in [0.05, 0.1) is 5.56 Å². The van der Waals surface area contributed by atoms with Crippen molar-refractivity contribution in [2.24, 2.45) is 5.73 Å². The first-order valence-electron chi connectivity index (χ1n) is 3.95. The van der Waals surface area contributed by atoms with Crippen LogP contribution < -0.4 is 5.73 Å². The summed E-state index contributed by atoms with van der Waals surface area (Å²) in [5.74, 6) is -2.74. The second kappa shape index (κ2) is 4.15. The predicted molar refractivity (Wildman–Crippen MR) is 45.7 cm³/mol. The quantitative estimate of drug-likeness (QED) is 0.752. The van der Waals surface area contributed by atoms with Gasteiger partial charge in [-0.05, 0) is 12.1 Å². The van der Waals surface area contributed by atoms with E-state index in [1.165, 1.54) is 0 Å². The molecule has 0 aliphatic carbocycles. The van der Waals surface area contributed by atoms with E-state index in [1.54, 1.807) is 0 Å². The van der Waals surface area contributed by atoms with Crippen molar-refractivity contribution in [3.8, 4) is 0 Å². The molecule has 1 rings (SSSR count). The van der Waals surface area contributed by atoms with E-state index >= 15 is 0 Å². The average Bonchev–Trinajstić information content (AvgIpc) is 2.11. The van der Waals surface area contributed by atoms with E-state index < -0.39 is 24.1 Å². The van der Waals surface area contributed by atoms with Crippen LogP contribution in [0.4, 0.5) is 8.78 Å². The van der Waals surface area contributed by atoms with Gasteiger partial charge in [0.1, 0.15) is 11.6 Å². The second-order valence-corrected chi connectivity index (χ2v) is 2.73. The number of carbonyl (C=O) groups is 1. The fraction of sp³-hybridized carbons (Fsp3) is 0.222. The van der Waals surface area contributed by atoms with Gasteiger partial charge in [0.15, 0.2) is 0 Å². The second-order valence-electron chi connectivity index (χ2n) is 2.73. The summed E-state index contributed by atoms with van der Waals surface area (Å²) in [5.41, 5.74) is 4.18. The molecule has 0 aromatic heterocycles. The highest BCUT2D eigenvalue weighted by atomic mass is 19.1. The molecule has 1 amide bonds. The first kappa shape index (κ1) is 10.6. The first-order chi connectivity index (χ1) is 6.57. The first-order valence-corrected chi connectivity index (χ1v) is 3.95. The Morgan fingerprint density at radius 2 is 2.07 bits per heavy atom. The van der Waals surface area contributed by atoms with Gasteiger partial charge in [-0.25, -0.2) is 8.78 Å². The maximum atomic E-state index is 13.3. The molecule has 0 radical (unpaired) electrons. The lowest BCUT2D eigenvalue weighted by molar-refractivity contribution is 0.0996. The molecule has 76 valence electrons. The number of hydrogen-bond acceptors (Lipinski definition) is 2. The molecule has 0 bridgehead atoms. The molecule has 1 aromatic rings. The summed E-state index contributed by atoms with van der Waals surface area (Å²) in [4.78, 5) is 10.7. The third-order valence-electron chi connectivity index (χ3n) is 1.81. The van der Waals surface area contributed by atoms with Crippen molar-refractivity contribution < 1.29 is 18.7 Å². The van der Waals surface area contributed by atoms with E-state index in [1.807, 2.05) is 0 Å². The Balaban J connectivity index is 3.26. The highest BCUT2D eigenvalue weighted by Gasteiger charge is 2.15. The molecule has 0 saturated carbocycles. The fourth-order valence-electron chi connectivity index (χ4n) is 1.13. The summed E-state index contributed by atoms with van der Waals surface area (Å²) in [6, 6.07) is 1.93. The van der Waals surface area contributed by atoms with Crippen LogP contribution in [0.15, 0.2) is 12.1 Å². The Kier molecular flexibility index (Phi) is 3.14. The van der Waals surface area contributed by atoms with Crippen LogP contribution in [0.3, 0.4) is 0 Å². The molecule has 14 heavy (non-hydrogen) atoms. The number of benzene rings is 1. The van der Waals surface area contributed by atoms with Gasteiger partial charge in [-0.15, -0.1) is 0 Å². The average molecular weight is 201 g/mol. The number of aliphatic hydroxyl groups excluding tert-OH is 1. The number of halogens is 2. The van der Waals surface area contributed by atoms with Crippen molar-refractivity contribution in [2.45, 2.75) is 6.42 Å². The van der Waals surface area contributed by atoms with Crippen molar-refractivity contribution in [2.75, 3.05) is 6.61 Å². The molecule has 0 heterocycles. The lowest BCUT2D eigenvalue weighted by atomic mass is 10.1. The van der Waals surface area contributed by atoms with Crippen LogP contribution in [-0.4, -0.2) is 17.6 Å². The highest BCUT2D eigenvalue weighted by molar-refractivity contribution is 5.93. The van der Waals surface area contributed by atoms with E-state index in [-0.39, 0.29) is 17.5 Å². The van der Waals surface area contributed by atoms with Crippen LogP contribution in [0.5, 0.6) is 0 Å². The number of hydrogen-bond donors (Lipinski definition) is 2. The molecule has 3 nitrogen and oxygen atoms in total. The van der Waals surface area contributed by atoms with Crippen LogP contribution >= 0.6 is 0 Å². The molecular weight excluding hydrogens is 192 g/mol. The Morgan fingerprint density at radius 1 is 1.43 bits per heavy atom. The van der Waals surface area contributed by atoms with Crippen LogP contribution in [0.2, 0.25) is 0 Å². The number of aliphatic hydroxyl groups is 1. The summed E-state index contributed by atoms with van der Waals surface area (Å²) in [6.45, 7) is -0.393. The minimum absolute atomic E-state index is 0.182. The molecule has 0 aliphatic heterocycles. The minimum Gasteiger partial charge on any atom is -0.396 e. The van der Waals surface area contributed by atoms with Gasteiger partial charge in [-0.3, -0.25) is 4.79 Å². The Bertz CT molecular complexity index is 366. The minimum atomic E-state index is -0.994. The Labute approximate surface area is 79.2 Å². The van der Waals surface area contributed by atoms with Gasteiger partial charge < -0.3 is 10.8 Å². The third-order valence-corrected chi connectivity index (χ3v) is 1.81. The summed E-state index contributed by atoms with van der Waals surface area (Å²) in [7, 11) is 0. The van der Waals surface area contributed by atoms with Gasteiger partial charge in [-0.2, -0.15) is 0 Å². The van der Waals surface area contributed by atoms with Crippen molar-refractivity contribution >= 4 is 5.91 Å². The number of rotatable bonds is 3. The summed E-state index contributed by atoms with van der Waals surface area (Å²) in [5, 5.41) is 8.55. The Hall–Kier alpha value is -1.49. The zero-order valence-corrected chi connectivity index (χ0v) is 7.26. The molecule has 0 atom stereocenters. The van der Waals surface area contributed by atoms with Crippen LogP contribution in [0, 0.1) is 11.6 Å². The summed E-state index contributed by atoms with van der Waals surface area (Å²) < 4.78 is 26.3. The molecule has 3 N–H and O–H groups in total. The summed E-state index contributed by atoms with van der Waals surface area (Å²) in [6.07, 6.45) is -0.182. The van der Waals surface area contributed by atoms with Gasteiger partial charge in [0, 0.05) is 18.6 Å². The normalized spacial score (nSPS) is 10.2. The largest absolute Gasteiger partial charge is 0.396 e. The van der Waals surface area contributed by atoms with E-state index in [0.29, 0.717) is 0 Å². The number of primary amides is 1. The van der Waals surface area contributed by atoms with Crippen molar-refractivity contribution in [3.05, 3.63) is 34.9 Å². The maximum absolute atomic E-state index is 13.3. The lowest BCUT2D eigenvalue weighted by Gasteiger charge is -2.05. The van der Waals surface area contributed by atoms with E-state index in [9.17, 15) is 13.6 Å². The van der Waals surface area contributed by atoms with E-state index in [4.69, 9.17) is 10.8 Å². The van der Waals surface area contributed by atoms with Crippen molar-refractivity contribution in [1.29, 1.82) is 0 Å². The van der Waals surface area contributed by atoms with Crippen LogP contribution in [-0.2, 0) is 6.42 Å². The maximum Gasteiger partial charge on any atom is 0.251 e. The molecule has 0 fully saturated rings. The van der Waals surface area contributed by atoms with E-state index in [0.717, 1.165) is 12.1 Å². The third kappa shape index (κ3) is 1.88. The molecule has 1 aromatic carbocycles. The standard InChI is InChI=1S/C9H9F2NO2/c10-7-2-1-6(9(12)14)8(11)5(7)3-4-13/h1-2,13H,3-4H2,(H2,12,14). The predicted octanol–water partition coefficient (Wildman–Crippen LogP) is 0.599. The van der Waals surface area contributed by atoms with Gasteiger partial charge in [0.25, 0.3) is 5.91 Å². The molecule has 0 saturated heterocycles. The molecule has 0 spiro atoms. The monoisotopic (exact) mass is 201 g/mol. The van der Waals surface area contributed by atoms with Crippen molar-refractivity contribution in [3.63, 3.8) is 0 Å². The zero-order valence-electron chi connectivity index (χ0n) is 7.26. The topological polar surface area (TPSA) is 63.3 Å². The molecule has 5 heteroatoms. The van der Waals surface area contributed by atoms with Gasteiger partial charge in [0.2, 0.25) is 0 Å². The fourth-order valence-corrected chi connectivity index (χ4v) is 1.13. The van der Waals surface area contributed by atoms with Gasteiger partial charge in [-0.1, -0.05) is 0 Å². The molecular formula is C9H9F2NO2. The number of nitrogens with two attached hydrogens (primary N) is 1. The van der Waals surface area contributed by atoms with Crippen molar-refractivity contribution in [1.82, 2.24) is 0 Å². The van der Waals surface area contributed by atoms with E-state index in [2.05, 4.69) is 0 Å². The summed E-state index contributed by atoms with van der Waals surface area (Å²) >= 11 is 0. The number of amides is 1. The zero-order chi connectivity index (χ0) is 10.7. The van der Waals surface area contributed by atoms with Crippen LogP contribution in [0.25, 0.3) is 0 Å². The smallest absolute Gasteiger partial charge is 0.251 e. The Morgan fingerprint density at radius 3 is 2.57 bits per heavy atom. The molecule has 0 unspecified atom stereocenters. The van der Waals surface area contributed by atoms with Crippen LogP contribution in [0.1, 0.15) is 15.9 Å².